The van der Waals surface area contributed by atoms with Crippen molar-refractivity contribution in [1.29, 1.82) is 0 Å². The van der Waals surface area contributed by atoms with Crippen LogP contribution >= 0.6 is 11.8 Å². The molecule has 9 heteroatoms. The third-order valence-corrected chi connectivity index (χ3v) is 4.69. The molecule has 0 saturated heterocycles. The smallest absolute Gasteiger partial charge is 0.416 e. The molecule has 3 nitrogen and oxygen atoms in total. The summed E-state index contributed by atoms with van der Waals surface area (Å²) in [5.74, 6) is -0.575. The molecule has 1 aromatic heterocycles. The maximum absolute atomic E-state index is 13.0. The molecule has 0 atom stereocenters. The Morgan fingerprint density at radius 3 is 2.56 bits per heavy atom. The van der Waals surface area contributed by atoms with E-state index >= 15 is 0 Å². The first-order valence-electron chi connectivity index (χ1n) is 7.71. The number of thioether (sulfide) groups is 1. The Hall–Kier alpha value is -2.42. The van der Waals surface area contributed by atoms with Crippen molar-refractivity contribution in [1.82, 2.24) is 4.98 Å². The Morgan fingerprint density at radius 2 is 1.89 bits per heavy atom. The average Bonchev–Trinajstić information content (AvgIpc) is 2.80. The lowest BCUT2D eigenvalue weighted by Gasteiger charge is -2.17. The number of rotatable bonds is 4. The van der Waals surface area contributed by atoms with Crippen molar-refractivity contribution in [2.24, 2.45) is 4.99 Å². The first kappa shape index (κ1) is 19.3. The molecule has 1 aliphatic rings. The van der Waals surface area contributed by atoms with Crippen molar-refractivity contribution >= 4 is 22.4 Å². The van der Waals surface area contributed by atoms with Crippen LogP contribution in [0.1, 0.15) is 22.3 Å². The van der Waals surface area contributed by atoms with Crippen LogP contribution in [0.15, 0.2) is 47.7 Å². The number of halogens is 5. The molecular formula is C18H13F5N2OS. The van der Waals surface area contributed by atoms with Gasteiger partial charge in [0.2, 0.25) is 0 Å². The number of aromatic nitrogens is 1. The van der Waals surface area contributed by atoms with Gasteiger partial charge in [0.15, 0.2) is 0 Å². The molecule has 27 heavy (non-hydrogen) atoms. The van der Waals surface area contributed by atoms with E-state index in [2.05, 4.69) is 14.7 Å². The fourth-order valence-corrected chi connectivity index (χ4v) is 3.35. The van der Waals surface area contributed by atoms with Crippen LogP contribution in [-0.2, 0) is 6.18 Å². The van der Waals surface area contributed by atoms with Gasteiger partial charge in [-0.2, -0.15) is 22.0 Å². The van der Waals surface area contributed by atoms with Gasteiger partial charge in [-0.1, -0.05) is 0 Å². The van der Waals surface area contributed by atoms with Crippen LogP contribution in [0.25, 0.3) is 4.91 Å². The van der Waals surface area contributed by atoms with Crippen molar-refractivity contribution in [3.05, 3.63) is 65.0 Å². The molecule has 2 heterocycles. The first-order valence-corrected chi connectivity index (χ1v) is 8.93. The van der Waals surface area contributed by atoms with E-state index in [-0.39, 0.29) is 17.8 Å². The molecule has 0 aliphatic carbocycles. The van der Waals surface area contributed by atoms with Crippen molar-refractivity contribution in [2.75, 3.05) is 12.8 Å². The van der Waals surface area contributed by atoms with Crippen LogP contribution in [-0.4, -0.2) is 30.1 Å². The number of pyridine rings is 1. The van der Waals surface area contributed by atoms with Gasteiger partial charge < -0.3 is 4.74 Å². The SMILES string of the molecule is CSC1=CCN=C(c2ccc(C(F)(F)F)cc2OC(F)F)c2ccncc21. The molecule has 1 aliphatic heterocycles. The third-order valence-electron chi connectivity index (χ3n) is 3.87. The van der Waals surface area contributed by atoms with Gasteiger partial charge in [-0.05, 0) is 36.6 Å². The van der Waals surface area contributed by atoms with Crippen LogP contribution in [0.3, 0.4) is 0 Å². The lowest BCUT2D eigenvalue weighted by atomic mass is 9.97. The Bertz CT molecular complexity index is 909. The van der Waals surface area contributed by atoms with Crippen LogP contribution in [0, 0.1) is 0 Å². The van der Waals surface area contributed by atoms with E-state index in [0.717, 1.165) is 22.6 Å². The first-order chi connectivity index (χ1) is 12.8. The average molecular weight is 400 g/mol. The monoisotopic (exact) mass is 400 g/mol. The molecule has 142 valence electrons. The predicted octanol–water partition coefficient (Wildman–Crippen LogP) is 5.26. The van der Waals surface area contributed by atoms with Gasteiger partial charge in [0.05, 0.1) is 17.8 Å². The van der Waals surface area contributed by atoms with E-state index in [4.69, 9.17) is 0 Å². The van der Waals surface area contributed by atoms with Crippen molar-refractivity contribution in [3.8, 4) is 5.75 Å². The molecule has 0 unspecified atom stereocenters. The van der Waals surface area contributed by atoms with Gasteiger partial charge in [-0.3, -0.25) is 9.98 Å². The molecule has 3 rings (SSSR count). The van der Waals surface area contributed by atoms with E-state index in [1.165, 1.54) is 18.0 Å². The summed E-state index contributed by atoms with van der Waals surface area (Å²) in [4.78, 5) is 9.35. The normalized spacial score (nSPS) is 14.3. The van der Waals surface area contributed by atoms with Crippen molar-refractivity contribution in [3.63, 3.8) is 0 Å². The molecular weight excluding hydrogens is 387 g/mol. The third kappa shape index (κ3) is 4.13. The second-order valence-corrected chi connectivity index (χ2v) is 6.32. The van der Waals surface area contributed by atoms with Crippen LogP contribution in [0.2, 0.25) is 0 Å². The summed E-state index contributed by atoms with van der Waals surface area (Å²) < 4.78 is 69.0. The summed E-state index contributed by atoms with van der Waals surface area (Å²) in [6.07, 6.45) is 2.15. The van der Waals surface area contributed by atoms with Gasteiger partial charge in [0.1, 0.15) is 5.75 Å². The largest absolute Gasteiger partial charge is 0.434 e. The number of ether oxygens (including phenoxy) is 1. The fraction of sp³-hybridized carbons (Fsp3) is 0.222. The molecule has 0 N–H and O–H groups in total. The predicted molar refractivity (Wildman–Crippen MR) is 94.3 cm³/mol. The van der Waals surface area contributed by atoms with E-state index < -0.39 is 24.1 Å². The number of fused-ring (bicyclic) bond motifs is 1. The minimum absolute atomic E-state index is 0.0616. The number of nitrogens with zero attached hydrogens (tertiary/aromatic N) is 2. The maximum Gasteiger partial charge on any atom is 0.416 e. The number of hydrogen-bond acceptors (Lipinski definition) is 4. The minimum atomic E-state index is -4.68. The Labute approximate surface area is 156 Å². The van der Waals surface area contributed by atoms with Gasteiger partial charge in [0, 0.05) is 34.0 Å². The molecule has 1 aromatic carbocycles. The Morgan fingerprint density at radius 1 is 1.11 bits per heavy atom. The highest BCUT2D eigenvalue weighted by Gasteiger charge is 2.32. The number of benzene rings is 1. The van der Waals surface area contributed by atoms with Gasteiger partial charge in [-0.15, -0.1) is 11.8 Å². The summed E-state index contributed by atoms with van der Waals surface area (Å²) in [6.45, 7) is -3.02. The number of alkyl halides is 5. The quantitative estimate of drug-likeness (QED) is 0.657. The topological polar surface area (TPSA) is 34.5 Å². The summed E-state index contributed by atoms with van der Waals surface area (Å²) >= 11 is 1.47. The lowest BCUT2D eigenvalue weighted by molar-refractivity contribution is -0.138. The molecule has 0 spiro atoms. The van der Waals surface area contributed by atoms with Gasteiger partial charge in [-0.25, -0.2) is 0 Å². The summed E-state index contributed by atoms with van der Waals surface area (Å²) in [6, 6.07) is 4.14. The molecule has 0 bridgehead atoms. The van der Waals surface area contributed by atoms with E-state index in [0.29, 0.717) is 11.6 Å². The highest BCUT2D eigenvalue weighted by atomic mass is 32.2. The van der Waals surface area contributed by atoms with Crippen LogP contribution < -0.4 is 4.74 Å². The second-order valence-electron chi connectivity index (χ2n) is 5.47. The van der Waals surface area contributed by atoms with Gasteiger partial charge >= 0.3 is 12.8 Å². The summed E-state index contributed by atoms with van der Waals surface area (Å²) in [5, 5.41) is 0. The summed E-state index contributed by atoms with van der Waals surface area (Å²) in [7, 11) is 0. The number of hydrogen-bond donors (Lipinski definition) is 0. The Balaban J connectivity index is 2.17. The van der Waals surface area contributed by atoms with Crippen LogP contribution in [0.4, 0.5) is 22.0 Å². The highest BCUT2D eigenvalue weighted by Crippen LogP contribution is 2.37. The zero-order valence-corrected chi connectivity index (χ0v) is 14.7. The zero-order valence-electron chi connectivity index (χ0n) is 13.9. The molecule has 0 saturated carbocycles. The van der Waals surface area contributed by atoms with Crippen molar-refractivity contribution < 1.29 is 26.7 Å². The second kappa shape index (κ2) is 7.67. The molecule has 0 radical (unpaired) electrons. The summed E-state index contributed by atoms with van der Waals surface area (Å²) in [5.41, 5.74) is 0.573. The Kier molecular flexibility index (Phi) is 5.50. The number of aliphatic imine (C=N–C) groups is 1. The zero-order chi connectivity index (χ0) is 19.6. The van der Waals surface area contributed by atoms with E-state index in [1.54, 1.807) is 12.3 Å². The van der Waals surface area contributed by atoms with Crippen molar-refractivity contribution in [2.45, 2.75) is 12.8 Å². The fourth-order valence-electron chi connectivity index (χ4n) is 2.72. The van der Waals surface area contributed by atoms with Gasteiger partial charge in [0.25, 0.3) is 0 Å². The van der Waals surface area contributed by atoms with E-state index in [1.807, 2.05) is 12.3 Å². The highest BCUT2D eigenvalue weighted by molar-refractivity contribution is 8.07. The maximum atomic E-state index is 13.0. The minimum Gasteiger partial charge on any atom is -0.434 e. The standard InChI is InChI=1S/C18H13F5N2OS/c1-27-15-5-7-25-16(11-4-6-24-9-13(11)15)12-3-2-10(18(21,22)23)8-14(12)26-17(19)20/h2-6,8-9,17H,7H2,1H3. The molecule has 0 amide bonds. The van der Waals surface area contributed by atoms with Crippen LogP contribution in [0.5, 0.6) is 5.75 Å². The molecule has 0 fully saturated rings. The molecule has 2 aromatic rings. The van der Waals surface area contributed by atoms with E-state index in [9.17, 15) is 22.0 Å². The lowest BCUT2D eigenvalue weighted by Crippen LogP contribution is -2.13.